The predicted octanol–water partition coefficient (Wildman–Crippen LogP) is 6.71. The molecule has 0 aliphatic heterocycles. The van der Waals surface area contributed by atoms with E-state index in [0.717, 1.165) is 31.4 Å². The fourth-order valence-corrected chi connectivity index (χ4v) is 5.70. The van der Waals surface area contributed by atoms with Crippen LogP contribution in [0.1, 0.15) is 54.9 Å². The Morgan fingerprint density at radius 2 is 1.76 bits per heavy atom. The Kier molecular flexibility index (Phi) is 6.65. The smallest absolute Gasteiger partial charge is 0.335 e. The maximum absolute atomic E-state index is 14.7. The van der Waals surface area contributed by atoms with Crippen LogP contribution in [0.5, 0.6) is 0 Å². The third-order valence-electron chi connectivity index (χ3n) is 7.17. The van der Waals surface area contributed by atoms with Gasteiger partial charge in [-0.05, 0) is 68.5 Å². The highest BCUT2D eigenvalue weighted by Gasteiger charge is 2.45. The third-order valence-corrected chi connectivity index (χ3v) is 7.39. The number of nitrogens with zero attached hydrogens (tertiary/aromatic N) is 4. The number of imidazole rings is 1. The van der Waals surface area contributed by atoms with Crippen molar-refractivity contribution in [2.75, 3.05) is 4.90 Å². The van der Waals surface area contributed by atoms with Crippen LogP contribution in [0.15, 0.2) is 48.7 Å². The van der Waals surface area contributed by atoms with Crippen LogP contribution in [0.2, 0.25) is 5.15 Å². The Hall–Kier alpha value is -3.85. The van der Waals surface area contributed by atoms with Crippen molar-refractivity contribution < 1.29 is 23.5 Å². The van der Waals surface area contributed by atoms with Crippen LogP contribution < -0.4 is 4.90 Å². The number of anilines is 1. The minimum absolute atomic E-state index is 0.103. The second kappa shape index (κ2) is 9.79. The first-order valence-electron chi connectivity index (χ1n) is 12.3. The van der Waals surface area contributed by atoms with E-state index >= 15 is 0 Å². The lowest BCUT2D eigenvalue weighted by Crippen LogP contribution is -2.54. The van der Waals surface area contributed by atoms with Crippen LogP contribution in [0.25, 0.3) is 22.4 Å². The van der Waals surface area contributed by atoms with Crippen molar-refractivity contribution in [1.29, 1.82) is 0 Å². The van der Waals surface area contributed by atoms with E-state index in [4.69, 9.17) is 11.6 Å². The molecule has 1 amide bonds. The number of benzene rings is 2. The SMILES string of the molecule is CC(=O)N(c1ccc(C(=O)O)cc1C)C1(n2c(-c3ccc(Cl)nc3)nc3cc(F)c(F)cc32)CCCCC1. The molecule has 1 saturated carbocycles. The fraction of sp³-hybridized carbons (Fsp3) is 0.286. The molecule has 0 radical (unpaired) electrons. The number of rotatable bonds is 5. The Labute approximate surface area is 222 Å². The van der Waals surface area contributed by atoms with Gasteiger partial charge < -0.3 is 5.11 Å². The van der Waals surface area contributed by atoms with E-state index in [-0.39, 0.29) is 22.1 Å². The van der Waals surface area contributed by atoms with Gasteiger partial charge in [-0.1, -0.05) is 18.0 Å². The number of halogens is 3. The van der Waals surface area contributed by atoms with Crippen LogP contribution in [0.4, 0.5) is 14.5 Å². The molecular formula is C28H25ClF2N4O3. The number of fused-ring (bicyclic) bond motifs is 1. The number of carboxylic acids is 1. The second-order valence-electron chi connectivity index (χ2n) is 9.60. The maximum Gasteiger partial charge on any atom is 0.335 e. The van der Waals surface area contributed by atoms with Gasteiger partial charge in [-0.25, -0.2) is 23.5 Å². The summed E-state index contributed by atoms with van der Waals surface area (Å²) < 4.78 is 30.8. The quantitative estimate of drug-likeness (QED) is 0.285. The fourth-order valence-electron chi connectivity index (χ4n) is 5.59. The molecule has 0 atom stereocenters. The molecule has 0 spiro atoms. The minimum Gasteiger partial charge on any atom is -0.478 e. The van der Waals surface area contributed by atoms with Gasteiger partial charge in [-0.2, -0.15) is 0 Å². The first kappa shape index (κ1) is 25.8. The first-order valence-corrected chi connectivity index (χ1v) is 12.6. The summed E-state index contributed by atoms with van der Waals surface area (Å²) in [5.74, 6) is -3.01. The normalized spacial score (nSPS) is 15.0. The summed E-state index contributed by atoms with van der Waals surface area (Å²) in [5, 5.41) is 9.75. The predicted molar refractivity (Wildman–Crippen MR) is 140 cm³/mol. The number of pyridine rings is 1. The van der Waals surface area contributed by atoms with Crippen LogP contribution in [-0.2, 0) is 10.5 Å². The van der Waals surface area contributed by atoms with Crippen LogP contribution >= 0.6 is 11.6 Å². The number of aryl methyl sites for hydroxylation is 1. The highest BCUT2D eigenvalue weighted by atomic mass is 35.5. The van der Waals surface area contributed by atoms with E-state index in [1.54, 1.807) is 30.0 Å². The molecule has 1 N–H and O–H groups in total. The van der Waals surface area contributed by atoms with Gasteiger partial charge in [-0.3, -0.25) is 14.3 Å². The summed E-state index contributed by atoms with van der Waals surface area (Å²) in [6.45, 7) is 3.20. The molecule has 10 heteroatoms. The summed E-state index contributed by atoms with van der Waals surface area (Å²) >= 11 is 6.03. The molecule has 5 rings (SSSR count). The Morgan fingerprint density at radius 3 is 2.37 bits per heavy atom. The molecule has 0 bridgehead atoms. The van der Waals surface area contributed by atoms with Crippen LogP contribution in [0.3, 0.4) is 0 Å². The lowest BCUT2D eigenvalue weighted by Gasteiger charge is -2.48. The topological polar surface area (TPSA) is 88.3 Å². The van der Waals surface area contributed by atoms with E-state index in [9.17, 15) is 23.5 Å². The van der Waals surface area contributed by atoms with Gasteiger partial charge in [0, 0.05) is 36.5 Å². The second-order valence-corrected chi connectivity index (χ2v) is 9.99. The van der Waals surface area contributed by atoms with Crippen molar-refractivity contribution in [1.82, 2.24) is 14.5 Å². The molecule has 2 aromatic heterocycles. The maximum atomic E-state index is 14.7. The molecule has 1 aliphatic carbocycles. The lowest BCUT2D eigenvalue weighted by atomic mass is 9.85. The number of carbonyl (C=O) groups is 2. The first-order chi connectivity index (χ1) is 18.1. The molecule has 38 heavy (non-hydrogen) atoms. The van der Waals surface area contributed by atoms with Crippen LogP contribution in [-0.4, -0.2) is 31.5 Å². The number of aromatic carboxylic acids is 1. The van der Waals surface area contributed by atoms with Crippen molar-refractivity contribution in [2.45, 2.75) is 51.6 Å². The van der Waals surface area contributed by atoms with Crippen molar-refractivity contribution >= 4 is 40.2 Å². The molecule has 0 unspecified atom stereocenters. The Bertz CT molecular complexity index is 1560. The van der Waals surface area contributed by atoms with E-state index in [2.05, 4.69) is 9.97 Å². The number of carboxylic acid groups (broad SMARTS) is 1. The van der Waals surface area contributed by atoms with Crippen molar-refractivity contribution in [3.63, 3.8) is 0 Å². The number of carbonyl (C=O) groups excluding carboxylic acids is 1. The third kappa shape index (κ3) is 4.30. The Morgan fingerprint density at radius 1 is 1.05 bits per heavy atom. The standard InChI is InChI=1S/C28H25ClF2N4O3/c1-16-12-18(27(37)38)6-8-23(16)34(17(2)36)28(10-4-3-5-11-28)35-24-14-21(31)20(30)13-22(24)33-26(35)19-7-9-25(29)32-15-19/h6-9,12-15H,3-5,10-11H2,1-2H3,(H,37,38). The molecule has 7 nitrogen and oxygen atoms in total. The van der Waals surface area contributed by atoms with Gasteiger partial charge in [0.25, 0.3) is 0 Å². The number of hydrogen-bond donors (Lipinski definition) is 1. The molecule has 1 fully saturated rings. The average molecular weight is 539 g/mol. The average Bonchev–Trinajstić information content (AvgIpc) is 3.24. The largest absolute Gasteiger partial charge is 0.478 e. The molecule has 196 valence electrons. The van der Waals surface area contributed by atoms with Gasteiger partial charge in [0.05, 0.1) is 16.6 Å². The molecule has 0 saturated heterocycles. The lowest BCUT2D eigenvalue weighted by molar-refractivity contribution is -0.119. The van der Waals surface area contributed by atoms with Crippen molar-refractivity contribution in [2.24, 2.45) is 0 Å². The van der Waals surface area contributed by atoms with Gasteiger partial charge in [0.15, 0.2) is 11.6 Å². The molecule has 2 aromatic carbocycles. The Balaban J connectivity index is 1.85. The van der Waals surface area contributed by atoms with Gasteiger partial charge in [0.1, 0.15) is 16.6 Å². The van der Waals surface area contributed by atoms with E-state index in [1.165, 1.54) is 25.3 Å². The summed E-state index contributed by atoms with van der Waals surface area (Å²) in [4.78, 5) is 35.6. The summed E-state index contributed by atoms with van der Waals surface area (Å²) in [7, 11) is 0. The zero-order valence-corrected chi connectivity index (χ0v) is 21.6. The molecule has 1 aliphatic rings. The number of amides is 1. The minimum atomic E-state index is -1.07. The van der Waals surface area contributed by atoms with Gasteiger partial charge in [0.2, 0.25) is 5.91 Å². The number of aromatic nitrogens is 3. The summed E-state index contributed by atoms with van der Waals surface area (Å²) in [5.41, 5.74) is 1.34. The van der Waals surface area contributed by atoms with E-state index in [0.29, 0.717) is 41.0 Å². The van der Waals surface area contributed by atoms with Gasteiger partial charge in [-0.15, -0.1) is 0 Å². The van der Waals surface area contributed by atoms with Crippen molar-refractivity contribution in [3.05, 3.63) is 76.6 Å². The monoisotopic (exact) mass is 538 g/mol. The van der Waals surface area contributed by atoms with E-state index < -0.39 is 23.3 Å². The van der Waals surface area contributed by atoms with E-state index in [1.807, 2.05) is 4.57 Å². The molecular weight excluding hydrogens is 514 g/mol. The van der Waals surface area contributed by atoms with Gasteiger partial charge >= 0.3 is 5.97 Å². The summed E-state index contributed by atoms with van der Waals surface area (Å²) in [6.07, 6.45) is 5.07. The summed E-state index contributed by atoms with van der Waals surface area (Å²) in [6, 6.07) is 10.1. The highest BCUT2D eigenvalue weighted by molar-refractivity contribution is 6.29. The van der Waals surface area contributed by atoms with Crippen LogP contribution in [0, 0.1) is 18.6 Å². The van der Waals surface area contributed by atoms with Crippen molar-refractivity contribution in [3.8, 4) is 11.4 Å². The molecule has 4 aromatic rings. The molecule has 2 heterocycles. The zero-order valence-electron chi connectivity index (χ0n) is 20.8. The zero-order chi connectivity index (χ0) is 27.2. The number of hydrogen-bond acceptors (Lipinski definition) is 4. The highest BCUT2D eigenvalue weighted by Crippen LogP contribution is 2.46.